The fourth-order valence-corrected chi connectivity index (χ4v) is 3.45. The van der Waals surface area contributed by atoms with Crippen molar-refractivity contribution in [1.82, 2.24) is 4.98 Å². The molecule has 0 bridgehead atoms. The maximum atomic E-state index is 12.9. The Morgan fingerprint density at radius 1 is 1.14 bits per heavy atom. The number of ether oxygens (including phenoxy) is 4. The van der Waals surface area contributed by atoms with Crippen molar-refractivity contribution in [3.8, 4) is 23.0 Å². The average molecular weight is 397 g/mol. The molecule has 1 aliphatic heterocycles. The lowest BCUT2D eigenvalue weighted by atomic mass is 9.87. The largest absolute Gasteiger partial charge is 0.508 e. The summed E-state index contributed by atoms with van der Waals surface area (Å²) in [5.41, 5.74) is 0.918. The third-order valence-electron chi connectivity index (χ3n) is 4.95. The van der Waals surface area contributed by atoms with Crippen LogP contribution >= 0.6 is 0 Å². The first-order valence-corrected chi connectivity index (χ1v) is 8.90. The summed E-state index contributed by atoms with van der Waals surface area (Å²) in [5.74, 6) is 0.100. The minimum atomic E-state index is -0.743. The number of aromatic nitrogens is 1. The number of aromatic amines is 1. The van der Waals surface area contributed by atoms with Crippen LogP contribution in [0.5, 0.6) is 23.0 Å². The standard InChI is InChI=1S/C21H19NO7/c1-26-12-4-3-11-5-15(21(25)22-16(11)6-12)13(8-20(24)27-2)14-7-18-19(9-17(14)23)29-10-28-18/h3-7,9,13,23H,8,10H2,1-2H3,(H,22,25)/t13-/m0/s1. The van der Waals surface area contributed by atoms with Gasteiger partial charge in [-0.25, -0.2) is 0 Å². The van der Waals surface area contributed by atoms with Gasteiger partial charge in [0.25, 0.3) is 5.56 Å². The number of pyridine rings is 1. The monoisotopic (exact) mass is 397 g/mol. The molecule has 0 unspecified atom stereocenters. The van der Waals surface area contributed by atoms with Gasteiger partial charge in [0.15, 0.2) is 11.5 Å². The van der Waals surface area contributed by atoms with E-state index in [4.69, 9.17) is 18.9 Å². The second kappa shape index (κ2) is 7.38. The van der Waals surface area contributed by atoms with Gasteiger partial charge in [0.1, 0.15) is 11.5 Å². The van der Waals surface area contributed by atoms with Crippen LogP contribution in [0, 0.1) is 0 Å². The number of hydrogen-bond donors (Lipinski definition) is 2. The molecule has 2 N–H and O–H groups in total. The molecule has 0 fully saturated rings. The molecule has 29 heavy (non-hydrogen) atoms. The van der Waals surface area contributed by atoms with Crippen molar-refractivity contribution in [2.24, 2.45) is 0 Å². The van der Waals surface area contributed by atoms with Gasteiger partial charge in [0.2, 0.25) is 6.79 Å². The Hall–Kier alpha value is -3.68. The molecule has 0 radical (unpaired) electrons. The maximum Gasteiger partial charge on any atom is 0.306 e. The number of esters is 1. The second-order valence-electron chi connectivity index (χ2n) is 6.60. The molecular formula is C21H19NO7. The molecular weight excluding hydrogens is 378 g/mol. The van der Waals surface area contributed by atoms with Gasteiger partial charge in [-0.2, -0.15) is 0 Å². The van der Waals surface area contributed by atoms with Crippen LogP contribution in [0.3, 0.4) is 0 Å². The Labute approximate surface area is 165 Å². The number of hydrogen-bond acceptors (Lipinski definition) is 7. The van der Waals surface area contributed by atoms with Crippen molar-refractivity contribution in [2.75, 3.05) is 21.0 Å². The summed E-state index contributed by atoms with van der Waals surface area (Å²) in [6.07, 6.45) is -0.131. The van der Waals surface area contributed by atoms with Crippen molar-refractivity contribution in [1.29, 1.82) is 0 Å². The van der Waals surface area contributed by atoms with Gasteiger partial charge in [-0.3, -0.25) is 9.59 Å². The van der Waals surface area contributed by atoms with Gasteiger partial charge in [0.05, 0.1) is 26.2 Å². The van der Waals surface area contributed by atoms with E-state index in [0.717, 1.165) is 5.39 Å². The summed E-state index contributed by atoms with van der Waals surface area (Å²) in [6.45, 7) is 0.0400. The van der Waals surface area contributed by atoms with Crippen molar-refractivity contribution < 1.29 is 28.8 Å². The number of fused-ring (bicyclic) bond motifs is 2. The molecule has 2 heterocycles. The fourth-order valence-electron chi connectivity index (χ4n) is 3.45. The Morgan fingerprint density at radius 3 is 2.62 bits per heavy atom. The van der Waals surface area contributed by atoms with E-state index in [1.54, 1.807) is 31.4 Å². The maximum absolute atomic E-state index is 12.9. The molecule has 1 aliphatic rings. The average Bonchev–Trinajstić information content (AvgIpc) is 3.17. The molecule has 4 rings (SSSR count). The van der Waals surface area contributed by atoms with Gasteiger partial charge < -0.3 is 29.0 Å². The number of H-pyrrole nitrogens is 1. The summed E-state index contributed by atoms with van der Waals surface area (Å²) in [5, 5.41) is 11.3. The summed E-state index contributed by atoms with van der Waals surface area (Å²) >= 11 is 0. The van der Waals surface area contributed by atoms with Gasteiger partial charge in [-0.15, -0.1) is 0 Å². The minimum Gasteiger partial charge on any atom is -0.508 e. The van der Waals surface area contributed by atoms with Crippen molar-refractivity contribution in [3.63, 3.8) is 0 Å². The lowest BCUT2D eigenvalue weighted by Crippen LogP contribution is -2.20. The van der Waals surface area contributed by atoms with Crippen LogP contribution < -0.4 is 19.8 Å². The van der Waals surface area contributed by atoms with Crippen molar-refractivity contribution in [2.45, 2.75) is 12.3 Å². The van der Waals surface area contributed by atoms with E-state index in [1.807, 2.05) is 6.07 Å². The number of phenols is 1. The number of carbonyl (C=O) groups excluding carboxylic acids is 1. The van der Waals surface area contributed by atoms with Crippen molar-refractivity contribution >= 4 is 16.9 Å². The first-order valence-electron chi connectivity index (χ1n) is 8.90. The van der Waals surface area contributed by atoms with Crippen LogP contribution in [0.4, 0.5) is 0 Å². The van der Waals surface area contributed by atoms with Gasteiger partial charge in [-0.1, -0.05) is 0 Å². The van der Waals surface area contributed by atoms with E-state index in [-0.39, 0.29) is 24.5 Å². The highest BCUT2D eigenvalue weighted by Gasteiger charge is 2.28. The van der Waals surface area contributed by atoms with Crippen molar-refractivity contribution in [3.05, 3.63) is 57.9 Å². The predicted octanol–water partition coefficient (Wildman–Crippen LogP) is 2.67. The molecule has 0 spiro atoms. The molecule has 3 aromatic rings. The van der Waals surface area contributed by atoms with Gasteiger partial charge in [-0.05, 0) is 29.7 Å². The van der Waals surface area contributed by atoms with Crippen LogP contribution in [-0.4, -0.2) is 37.1 Å². The first-order chi connectivity index (χ1) is 14.0. The van der Waals surface area contributed by atoms with Crippen LogP contribution in [-0.2, 0) is 9.53 Å². The SMILES string of the molecule is COC(=O)C[C@@H](c1cc2c(cc1O)OCO2)c1cc2ccc(OC)cc2[nH]c1=O. The molecule has 1 aromatic heterocycles. The van der Waals surface area contributed by atoms with E-state index in [2.05, 4.69) is 4.98 Å². The normalized spacial score (nSPS) is 13.3. The van der Waals surface area contributed by atoms with Crippen LogP contribution in [0.25, 0.3) is 10.9 Å². The van der Waals surface area contributed by atoms with Gasteiger partial charge in [0, 0.05) is 29.2 Å². The quantitative estimate of drug-likeness (QED) is 0.638. The topological polar surface area (TPSA) is 107 Å². The number of phenolic OH excluding ortho intramolecular Hbond substituents is 1. The van der Waals surface area contributed by atoms with E-state index in [0.29, 0.717) is 33.9 Å². The molecule has 2 aromatic carbocycles. The molecule has 0 aliphatic carbocycles. The van der Waals surface area contributed by atoms with E-state index < -0.39 is 11.9 Å². The van der Waals surface area contributed by atoms with Crippen LogP contribution in [0.15, 0.2) is 41.2 Å². The highest BCUT2D eigenvalue weighted by molar-refractivity contribution is 5.81. The van der Waals surface area contributed by atoms with Gasteiger partial charge >= 0.3 is 5.97 Å². The smallest absolute Gasteiger partial charge is 0.306 e. The van der Waals surface area contributed by atoms with E-state index in [9.17, 15) is 14.7 Å². The fraction of sp³-hybridized carbons (Fsp3) is 0.238. The second-order valence-corrected chi connectivity index (χ2v) is 6.60. The van der Waals surface area contributed by atoms with E-state index in [1.165, 1.54) is 13.2 Å². The number of rotatable bonds is 5. The molecule has 8 nitrogen and oxygen atoms in total. The number of nitrogens with one attached hydrogen (secondary N) is 1. The zero-order valence-electron chi connectivity index (χ0n) is 15.9. The third-order valence-corrected chi connectivity index (χ3v) is 4.95. The lowest BCUT2D eigenvalue weighted by Gasteiger charge is -2.18. The summed E-state index contributed by atoms with van der Waals surface area (Å²) in [7, 11) is 2.82. The molecule has 8 heteroatoms. The Kier molecular flexibility index (Phi) is 4.75. The molecule has 0 amide bonds. The highest BCUT2D eigenvalue weighted by atomic mass is 16.7. The Morgan fingerprint density at radius 2 is 1.90 bits per heavy atom. The van der Waals surface area contributed by atoms with Crippen LogP contribution in [0.1, 0.15) is 23.5 Å². The zero-order chi connectivity index (χ0) is 20.5. The predicted molar refractivity (Wildman–Crippen MR) is 104 cm³/mol. The van der Waals surface area contributed by atoms with E-state index >= 15 is 0 Å². The number of methoxy groups -OCH3 is 2. The molecule has 1 atom stereocenters. The third kappa shape index (κ3) is 3.44. The summed E-state index contributed by atoms with van der Waals surface area (Å²) in [4.78, 5) is 27.8. The Balaban J connectivity index is 1.87. The lowest BCUT2D eigenvalue weighted by molar-refractivity contribution is -0.140. The molecule has 0 saturated carbocycles. The molecule has 0 saturated heterocycles. The Bertz CT molecular complexity index is 1150. The summed E-state index contributed by atoms with van der Waals surface area (Å²) in [6, 6.07) is 10.0. The minimum absolute atomic E-state index is 0.0400. The number of aromatic hydroxyl groups is 1. The zero-order valence-corrected chi connectivity index (χ0v) is 15.9. The number of benzene rings is 2. The highest BCUT2D eigenvalue weighted by Crippen LogP contribution is 2.42. The van der Waals surface area contributed by atoms with Crippen LogP contribution in [0.2, 0.25) is 0 Å². The molecule has 150 valence electrons. The summed E-state index contributed by atoms with van der Waals surface area (Å²) < 4.78 is 20.7. The number of carbonyl (C=O) groups is 1. The first kappa shape index (κ1) is 18.7.